The lowest BCUT2D eigenvalue weighted by molar-refractivity contribution is 0.191. The third-order valence-corrected chi connectivity index (χ3v) is 4.50. The molecule has 1 heterocycles. The molecule has 1 aliphatic heterocycles. The monoisotopic (exact) mass is 264 g/mol. The Kier molecular flexibility index (Phi) is 3.88. The van der Waals surface area contributed by atoms with Crippen LogP contribution in [0.2, 0.25) is 5.02 Å². The van der Waals surface area contributed by atoms with E-state index in [1.165, 1.54) is 56.4 Å². The summed E-state index contributed by atoms with van der Waals surface area (Å²) in [7, 11) is 0. The molecule has 1 aromatic carbocycles. The van der Waals surface area contributed by atoms with E-state index >= 15 is 0 Å². The first-order valence-electron chi connectivity index (χ1n) is 7.05. The normalized spacial score (nSPS) is 25.5. The van der Waals surface area contributed by atoms with Crippen LogP contribution in [0.15, 0.2) is 18.2 Å². The predicted molar refractivity (Wildman–Crippen MR) is 76.3 cm³/mol. The molecule has 18 heavy (non-hydrogen) atoms. The molecule has 0 spiro atoms. The minimum atomic E-state index is 0.735. The molecule has 3 rings (SSSR count). The van der Waals surface area contributed by atoms with Crippen LogP contribution in [-0.2, 0) is 12.8 Å². The molecule has 1 aromatic rings. The van der Waals surface area contributed by atoms with Crippen LogP contribution >= 0.6 is 11.6 Å². The molecule has 2 aliphatic rings. The highest BCUT2D eigenvalue weighted by molar-refractivity contribution is 6.30. The van der Waals surface area contributed by atoms with E-state index in [0.717, 1.165) is 17.6 Å². The number of hydrogen-bond donors (Lipinski definition) is 1. The quantitative estimate of drug-likeness (QED) is 0.839. The van der Waals surface area contributed by atoms with Crippen molar-refractivity contribution >= 4 is 11.6 Å². The van der Waals surface area contributed by atoms with E-state index < -0.39 is 0 Å². The van der Waals surface area contributed by atoms with Crippen molar-refractivity contribution in [3.05, 3.63) is 34.3 Å². The van der Waals surface area contributed by atoms with Gasteiger partial charge in [-0.2, -0.15) is 0 Å². The van der Waals surface area contributed by atoms with Crippen LogP contribution in [0, 0.1) is 0 Å². The summed E-state index contributed by atoms with van der Waals surface area (Å²) in [6, 6.07) is 7.14. The van der Waals surface area contributed by atoms with Crippen LogP contribution in [0.3, 0.4) is 0 Å². The Morgan fingerprint density at radius 2 is 2.11 bits per heavy atom. The average Bonchev–Trinajstić information content (AvgIpc) is 2.67. The van der Waals surface area contributed by atoms with Gasteiger partial charge in [0.15, 0.2) is 0 Å². The van der Waals surface area contributed by atoms with E-state index in [1.54, 1.807) is 0 Å². The molecule has 0 bridgehead atoms. The van der Waals surface area contributed by atoms with Crippen molar-refractivity contribution in [2.24, 2.45) is 0 Å². The summed E-state index contributed by atoms with van der Waals surface area (Å²) in [5.74, 6) is 0. The van der Waals surface area contributed by atoms with Crippen LogP contribution in [0.4, 0.5) is 0 Å². The molecule has 0 amide bonds. The van der Waals surface area contributed by atoms with Crippen LogP contribution in [0.1, 0.15) is 24.0 Å². The second-order valence-electron chi connectivity index (χ2n) is 5.45. The summed E-state index contributed by atoms with van der Waals surface area (Å²) in [5.41, 5.74) is 2.97. The van der Waals surface area contributed by atoms with Gasteiger partial charge >= 0.3 is 0 Å². The van der Waals surface area contributed by atoms with Gasteiger partial charge in [0.2, 0.25) is 0 Å². The molecule has 0 saturated carbocycles. The Bertz CT molecular complexity index is 411. The van der Waals surface area contributed by atoms with Crippen LogP contribution in [-0.4, -0.2) is 37.1 Å². The molecule has 2 nitrogen and oxygen atoms in total. The van der Waals surface area contributed by atoms with Gasteiger partial charge in [-0.15, -0.1) is 0 Å². The van der Waals surface area contributed by atoms with Gasteiger partial charge in [-0.1, -0.05) is 17.7 Å². The maximum Gasteiger partial charge on any atom is 0.0408 e. The first-order chi connectivity index (χ1) is 8.83. The fourth-order valence-electron chi connectivity index (χ4n) is 3.25. The van der Waals surface area contributed by atoms with E-state index in [2.05, 4.69) is 22.3 Å². The van der Waals surface area contributed by atoms with Gasteiger partial charge in [0, 0.05) is 24.2 Å². The van der Waals surface area contributed by atoms with Gasteiger partial charge in [0.25, 0.3) is 0 Å². The van der Waals surface area contributed by atoms with Gasteiger partial charge in [0.05, 0.1) is 0 Å². The summed E-state index contributed by atoms with van der Waals surface area (Å²) in [6.07, 6.45) is 4.95. The summed E-state index contributed by atoms with van der Waals surface area (Å²) in [5, 5.41) is 4.36. The van der Waals surface area contributed by atoms with E-state index in [-0.39, 0.29) is 0 Å². The van der Waals surface area contributed by atoms with Crippen molar-refractivity contribution in [3.8, 4) is 0 Å². The predicted octanol–water partition coefficient (Wildman–Crippen LogP) is 2.49. The van der Waals surface area contributed by atoms with E-state index in [4.69, 9.17) is 11.6 Å². The van der Waals surface area contributed by atoms with Crippen LogP contribution in [0.5, 0.6) is 0 Å². The Morgan fingerprint density at radius 1 is 1.17 bits per heavy atom. The lowest BCUT2D eigenvalue weighted by Gasteiger charge is -2.34. The van der Waals surface area contributed by atoms with Crippen molar-refractivity contribution in [3.63, 3.8) is 0 Å². The first-order valence-corrected chi connectivity index (χ1v) is 7.43. The molecule has 0 aromatic heterocycles. The van der Waals surface area contributed by atoms with E-state index in [1.807, 2.05) is 6.07 Å². The molecule has 0 radical (unpaired) electrons. The lowest BCUT2D eigenvalue weighted by atomic mass is 9.87. The highest BCUT2D eigenvalue weighted by Crippen LogP contribution is 2.27. The summed E-state index contributed by atoms with van der Waals surface area (Å²) in [4.78, 5) is 2.68. The lowest BCUT2D eigenvalue weighted by Crippen LogP contribution is -2.41. The van der Waals surface area contributed by atoms with Gasteiger partial charge in [-0.05, 0) is 62.0 Å². The zero-order chi connectivity index (χ0) is 12.4. The number of hydrogen-bond acceptors (Lipinski definition) is 2. The number of benzene rings is 1. The number of fused-ring (bicyclic) bond motifs is 1. The number of nitrogens with one attached hydrogen (secondary N) is 1. The summed E-state index contributed by atoms with van der Waals surface area (Å²) < 4.78 is 0. The van der Waals surface area contributed by atoms with Crippen molar-refractivity contribution < 1.29 is 0 Å². The molecule has 3 heteroatoms. The minimum Gasteiger partial charge on any atom is -0.315 e. The Hall–Kier alpha value is -0.570. The molecule has 1 N–H and O–H groups in total. The smallest absolute Gasteiger partial charge is 0.0408 e. The summed E-state index contributed by atoms with van der Waals surface area (Å²) in [6.45, 7) is 4.77. The summed E-state index contributed by atoms with van der Waals surface area (Å²) >= 11 is 6.06. The van der Waals surface area contributed by atoms with Gasteiger partial charge in [0.1, 0.15) is 0 Å². The fourth-order valence-corrected chi connectivity index (χ4v) is 3.44. The number of rotatable bonds is 1. The second kappa shape index (κ2) is 5.60. The number of nitrogens with zero attached hydrogens (tertiary/aromatic N) is 1. The van der Waals surface area contributed by atoms with Crippen molar-refractivity contribution in [1.82, 2.24) is 10.2 Å². The number of halogens is 1. The highest BCUT2D eigenvalue weighted by Gasteiger charge is 2.24. The zero-order valence-electron chi connectivity index (χ0n) is 10.8. The molecule has 1 unspecified atom stereocenters. The van der Waals surface area contributed by atoms with Crippen LogP contribution in [0.25, 0.3) is 0 Å². The molecular weight excluding hydrogens is 244 g/mol. The number of aryl methyl sites for hydroxylation is 1. The minimum absolute atomic E-state index is 0.735. The second-order valence-corrected chi connectivity index (χ2v) is 5.89. The van der Waals surface area contributed by atoms with Crippen molar-refractivity contribution in [2.45, 2.75) is 31.7 Å². The Balaban J connectivity index is 1.71. The van der Waals surface area contributed by atoms with Crippen LogP contribution < -0.4 is 5.32 Å². The zero-order valence-corrected chi connectivity index (χ0v) is 11.5. The van der Waals surface area contributed by atoms with Crippen molar-refractivity contribution in [2.75, 3.05) is 26.2 Å². The third-order valence-electron chi connectivity index (χ3n) is 4.26. The maximum atomic E-state index is 6.06. The standard InChI is InChI=1S/C15H21ClN2/c16-14-4-2-13-11-15(5-3-12(13)10-14)18-8-1-6-17-7-9-18/h2,4,10,15,17H,1,3,5-9,11H2. The van der Waals surface area contributed by atoms with Gasteiger partial charge in [-0.25, -0.2) is 0 Å². The molecule has 1 aliphatic carbocycles. The molecule has 98 valence electrons. The molecular formula is C15H21ClN2. The van der Waals surface area contributed by atoms with Gasteiger partial charge in [-0.3, -0.25) is 4.90 Å². The Labute approximate surface area is 114 Å². The van der Waals surface area contributed by atoms with Gasteiger partial charge < -0.3 is 5.32 Å². The van der Waals surface area contributed by atoms with Crippen molar-refractivity contribution in [1.29, 1.82) is 0 Å². The molecule has 1 atom stereocenters. The maximum absolute atomic E-state index is 6.06. The van der Waals surface area contributed by atoms with E-state index in [0.29, 0.717) is 0 Å². The first kappa shape index (κ1) is 12.5. The Morgan fingerprint density at radius 3 is 3.06 bits per heavy atom. The SMILES string of the molecule is Clc1ccc2c(c1)CCC(N1CCCNCC1)C2. The average molecular weight is 265 g/mol. The molecule has 1 saturated heterocycles. The third kappa shape index (κ3) is 2.71. The largest absolute Gasteiger partial charge is 0.315 e. The highest BCUT2D eigenvalue weighted by atomic mass is 35.5. The topological polar surface area (TPSA) is 15.3 Å². The van der Waals surface area contributed by atoms with E-state index in [9.17, 15) is 0 Å². The molecule has 1 fully saturated rings. The fraction of sp³-hybridized carbons (Fsp3) is 0.600.